The van der Waals surface area contributed by atoms with Crippen LogP contribution in [-0.2, 0) is 11.3 Å². The summed E-state index contributed by atoms with van der Waals surface area (Å²) in [6, 6.07) is 9.35. The van der Waals surface area contributed by atoms with Crippen LogP contribution in [0.5, 0.6) is 0 Å². The summed E-state index contributed by atoms with van der Waals surface area (Å²) in [7, 11) is 0. The molecule has 0 saturated heterocycles. The van der Waals surface area contributed by atoms with Crippen LogP contribution in [0.25, 0.3) is 0 Å². The van der Waals surface area contributed by atoms with Crippen LogP contribution in [0.3, 0.4) is 0 Å². The summed E-state index contributed by atoms with van der Waals surface area (Å²) in [5.41, 5.74) is 0.961. The fraction of sp³-hybridized carbons (Fsp3) is 0.375. The van der Waals surface area contributed by atoms with Gasteiger partial charge >= 0.3 is 0 Å². The molecule has 21 heavy (non-hydrogen) atoms. The number of nitrogens with one attached hydrogen (secondary N) is 1. The molecule has 112 valence electrons. The summed E-state index contributed by atoms with van der Waals surface area (Å²) in [6.45, 7) is 0.299. The first-order valence-electron chi connectivity index (χ1n) is 7.13. The van der Waals surface area contributed by atoms with E-state index in [2.05, 4.69) is 11.4 Å². The molecule has 1 aromatic rings. The number of nitrogens with zero attached hydrogens (tertiary/aromatic N) is 1. The number of carbonyl (C=O) groups is 1. The van der Waals surface area contributed by atoms with Crippen LogP contribution in [0.2, 0.25) is 0 Å². The maximum atomic E-state index is 12.0. The third-order valence-corrected chi connectivity index (χ3v) is 4.05. The highest BCUT2D eigenvalue weighted by Gasteiger charge is 2.14. The molecule has 0 aromatic heterocycles. The lowest BCUT2D eigenvalue weighted by molar-refractivity contribution is -0.471. The number of rotatable bonds is 3. The van der Waals surface area contributed by atoms with Crippen molar-refractivity contribution in [3.8, 4) is 0 Å². The Labute approximate surface area is 129 Å². The van der Waals surface area contributed by atoms with E-state index in [0.717, 1.165) is 23.1 Å². The summed E-state index contributed by atoms with van der Waals surface area (Å²) in [5, 5.41) is 17.0. The third kappa shape index (κ3) is 6.04. The topological polar surface area (TPSA) is 55.2 Å². The van der Waals surface area contributed by atoms with Gasteiger partial charge in [0.2, 0.25) is 5.91 Å². The first kappa shape index (κ1) is 15.6. The molecule has 4 nitrogen and oxygen atoms in total. The highest BCUT2D eigenvalue weighted by molar-refractivity contribution is 8.02. The molecule has 1 N–H and O–H groups in total. The Bertz CT molecular complexity index is 514. The van der Waals surface area contributed by atoms with Gasteiger partial charge in [0.25, 0.3) is 0 Å². The summed E-state index contributed by atoms with van der Waals surface area (Å²) in [4.78, 5) is 11.8. The van der Waals surface area contributed by atoms with E-state index in [4.69, 9.17) is 0 Å². The first-order valence-corrected chi connectivity index (χ1v) is 8.17. The number of amides is 1. The molecule has 1 heterocycles. The van der Waals surface area contributed by atoms with E-state index in [9.17, 15) is 10.0 Å². The van der Waals surface area contributed by atoms with E-state index >= 15 is 0 Å². The average Bonchev–Trinajstić information content (AvgIpc) is 2.47. The molecular formula is C16H20N2O2S. The standard InChI is InChI=1S/C16H20N2O2S/c19-16-9-5-2-6-10-21-13-15(17-16)12-18(20)11-14-7-3-1-4-8-14/h1,3-4,6-8,10,12,15H,2,5,9,11,13H2,(H,17,19)/b10-6?,18-12-. The van der Waals surface area contributed by atoms with Gasteiger partial charge in [-0.25, -0.2) is 4.74 Å². The second kappa shape index (κ2) is 8.52. The Balaban J connectivity index is 1.99. The van der Waals surface area contributed by atoms with Gasteiger partial charge in [-0.15, -0.1) is 11.8 Å². The fourth-order valence-corrected chi connectivity index (χ4v) is 2.85. The van der Waals surface area contributed by atoms with Gasteiger partial charge in [-0.2, -0.15) is 0 Å². The monoisotopic (exact) mass is 304 g/mol. The second-order valence-electron chi connectivity index (χ2n) is 4.98. The molecule has 1 atom stereocenters. The zero-order valence-corrected chi connectivity index (χ0v) is 12.7. The van der Waals surface area contributed by atoms with Gasteiger partial charge in [0.15, 0.2) is 12.8 Å². The lowest BCUT2D eigenvalue weighted by atomic mass is 10.2. The largest absolute Gasteiger partial charge is 0.624 e. The van der Waals surface area contributed by atoms with Crippen molar-refractivity contribution in [3.05, 3.63) is 52.6 Å². The molecule has 1 aliphatic heterocycles. The molecule has 0 radical (unpaired) electrons. The molecule has 1 aliphatic rings. The van der Waals surface area contributed by atoms with Gasteiger partial charge in [-0.1, -0.05) is 36.4 Å². The van der Waals surface area contributed by atoms with Gasteiger partial charge in [0.05, 0.1) is 0 Å². The zero-order valence-electron chi connectivity index (χ0n) is 11.9. The molecule has 1 aromatic carbocycles. The van der Waals surface area contributed by atoms with Gasteiger partial charge in [0, 0.05) is 17.7 Å². The van der Waals surface area contributed by atoms with Crippen LogP contribution >= 0.6 is 11.8 Å². The summed E-state index contributed by atoms with van der Waals surface area (Å²) >= 11 is 1.62. The number of hydrogen-bond acceptors (Lipinski definition) is 3. The van der Waals surface area contributed by atoms with Crippen molar-refractivity contribution in [2.24, 2.45) is 0 Å². The molecule has 0 aliphatic carbocycles. The quantitative estimate of drug-likeness (QED) is 0.404. The Morgan fingerprint density at radius 3 is 3.00 bits per heavy atom. The SMILES string of the molecule is O=C1CCCC=CSCC(/C=[N+](\[O-])Cc2ccccc2)N1. The molecule has 0 bridgehead atoms. The van der Waals surface area contributed by atoms with Crippen LogP contribution in [0, 0.1) is 5.21 Å². The van der Waals surface area contributed by atoms with Gasteiger partial charge in [0.1, 0.15) is 6.04 Å². The maximum absolute atomic E-state index is 12.0. The number of carbonyl (C=O) groups excluding carboxylic acids is 1. The van der Waals surface area contributed by atoms with Gasteiger partial charge in [-0.3, -0.25) is 4.79 Å². The predicted molar refractivity (Wildman–Crippen MR) is 87.2 cm³/mol. The predicted octanol–water partition coefficient (Wildman–Crippen LogP) is 2.68. The molecule has 5 heteroatoms. The van der Waals surface area contributed by atoms with Gasteiger partial charge in [-0.05, 0) is 18.2 Å². The van der Waals surface area contributed by atoms with E-state index < -0.39 is 0 Å². The molecular weight excluding hydrogens is 284 g/mol. The minimum atomic E-state index is -0.230. The molecule has 0 spiro atoms. The Hall–Kier alpha value is -1.75. The second-order valence-corrected chi connectivity index (χ2v) is 5.92. The lowest BCUT2D eigenvalue weighted by Gasteiger charge is -2.14. The minimum Gasteiger partial charge on any atom is -0.624 e. The Morgan fingerprint density at radius 1 is 1.38 bits per heavy atom. The Kier molecular flexibility index (Phi) is 6.34. The Morgan fingerprint density at radius 2 is 2.19 bits per heavy atom. The van der Waals surface area contributed by atoms with Crippen LogP contribution in [0.4, 0.5) is 0 Å². The number of thioether (sulfide) groups is 1. The van der Waals surface area contributed by atoms with Crippen LogP contribution < -0.4 is 5.32 Å². The highest BCUT2D eigenvalue weighted by atomic mass is 32.2. The van der Waals surface area contributed by atoms with Gasteiger partial charge < -0.3 is 10.5 Å². The summed E-state index contributed by atoms with van der Waals surface area (Å²) in [6.07, 6.45) is 5.93. The van der Waals surface area contributed by atoms with Crippen molar-refractivity contribution in [1.29, 1.82) is 0 Å². The number of hydrogen-bond donors (Lipinski definition) is 1. The van der Waals surface area contributed by atoms with Crippen molar-refractivity contribution in [3.63, 3.8) is 0 Å². The molecule has 2 rings (SSSR count). The molecule has 0 fully saturated rings. The van der Waals surface area contributed by atoms with Crippen molar-refractivity contribution in [1.82, 2.24) is 5.32 Å². The fourth-order valence-electron chi connectivity index (χ4n) is 2.09. The van der Waals surface area contributed by atoms with E-state index in [-0.39, 0.29) is 11.9 Å². The number of allylic oxidation sites excluding steroid dienone is 1. The highest BCUT2D eigenvalue weighted by Crippen LogP contribution is 2.09. The summed E-state index contributed by atoms with van der Waals surface area (Å²) in [5.74, 6) is 0.690. The molecule has 0 saturated carbocycles. The maximum Gasteiger partial charge on any atom is 0.220 e. The first-order chi connectivity index (χ1) is 10.2. The number of hydroxylamine groups is 1. The lowest BCUT2D eigenvalue weighted by Crippen LogP contribution is -2.39. The minimum absolute atomic E-state index is 0.0141. The number of benzene rings is 1. The van der Waals surface area contributed by atoms with Crippen LogP contribution in [0.1, 0.15) is 24.8 Å². The van der Waals surface area contributed by atoms with Crippen molar-refractivity contribution in [2.45, 2.75) is 31.8 Å². The van der Waals surface area contributed by atoms with E-state index in [0.29, 0.717) is 18.7 Å². The van der Waals surface area contributed by atoms with E-state index in [1.807, 2.05) is 35.7 Å². The van der Waals surface area contributed by atoms with Crippen molar-refractivity contribution >= 4 is 23.9 Å². The van der Waals surface area contributed by atoms with Crippen LogP contribution in [-0.4, -0.2) is 28.7 Å². The normalized spacial score (nSPS) is 20.9. The van der Waals surface area contributed by atoms with Crippen molar-refractivity contribution in [2.75, 3.05) is 5.75 Å². The average molecular weight is 304 g/mol. The molecule has 1 unspecified atom stereocenters. The van der Waals surface area contributed by atoms with E-state index in [1.54, 1.807) is 18.0 Å². The summed E-state index contributed by atoms with van der Waals surface area (Å²) < 4.78 is 0.899. The zero-order chi connectivity index (χ0) is 14.9. The van der Waals surface area contributed by atoms with E-state index in [1.165, 1.54) is 0 Å². The van der Waals surface area contributed by atoms with Crippen LogP contribution in [0.15, 0.2) is 41.8 Å². The molecule has 1 amide bonds. The smallest absolute Gasteiger partial charge is 0.220 e. The van der Waals surface area contributed by atoms with Crippen molar-refractivity contribution < 1.29 is 9.53 Å². The third-order valence-electron chi connectivity index (χ3n) is 3.12.